The summed E-state index contributed by atoms with van der Waals surface area (Å²) in [5, 5.41) is 11.5. The van der Waals surface area contributed by atoms with E-state index >= 15 is 0 Å². The van der Waals surface area contributed by atoms with Crippen LogP contribution in [0.15, 0.2) is 11.6 Å². The highest BCUT2D eigenvalue weighted by molar-refractivity contribution is 5.90. The molecule has 4 aliphatic rings. The number of allylic oxidation sites excluding steroid dienone is 1. The van der Waals surface area contributed by atoms with Crippen LogP contribution in [0, 0.1) is 28.6 Å². The van der Waals surface area contributed by atoms with E-state index in [1.54, 1.807) is 0 Å². The smallest absolute Gasteiger partial charge is 0.303 e. The lowest BCUT2D eigenvalue weighted by atomic mass is 9.46. The molecule has 0 saturated heterocycles. The van der Waals surface area contributed by atoms with Crippen LogP contribution in [0.4, 0.5) is 0 Å². The van der Waals surface area contributed by atoms with E-state index in [9.17, 15) is 19.5 Å². The lowest BCUT2D eigenvalue weighted by molar-refractivity contribution is -0.169. The quantitative estimate of drug-likeness (QED) is 0.538. The predicted octanol–water partition coefficient (Wildman–Crippen LogP) is 3.74. The number of carbonyl (C=O) groups is 3. The number of Topliss-reactive ketones (excluding diaryl/α,β-unsaturated/α-hetero) is 1. The van der Waals surface area contributed by atoms with Gasteiger partial charge < -0.3 is 14.6 Å². The maximum atomic E-state index is 12.9. The van der Waals surface area contributed by atoms with Crippen molar-refractivity contribution in [3.63, 3.8) is 0 Å². The number of aliphatic hydroxyl groups is 1. The van der Waals surface area contributed by atoms with Crippen molar-refractivity contribution in [3.05, 3.63) is 11.6 Å². The molecule has 0 aliphatic heterocycles. The molecule has 4 rings (SSSR count). The van der Waals surface area contributed by atoms with Crippen LogP contribution in [-0.2, 0) is 23.9 Å². The molecule has 0 aromatic rings. The molecule has 4 aliphatic carbocycles. The lowest BCUT2D eigenvalue weighted by Gasteiger charge is -2.58. The molecule has 6 heteroatoms. The predicted molar refractivity (Wildman–Crippen MR) is 114 cm³/mol. The Hall–Kier alpha value is -1.69. The van der Waals surface area contributed by atoms with E-state index in [0.29, 0.717) is 18.3 Å². The number of ether oxygens (including phenoxy) is 2. The summed E-state index contributed by atoms with van der Waals surface area (Å²) in [4.78, 5) is 35.5. The lowest BCUT2D eigenvalue weighted by Crippen LogP contribution is -2.58. The third-order valence-electron chi connectivity index (χ3n) is 9.41. The molecule has 0 aromatic heterocycles. The standard InChI is InChI=1S/C25H36O6/c1-15(26)30-14-22(28)25(29)12-9-21-19-6-5-17-13-18(31-16(2)27)7-10-23(17,3)20(19)8-11-24(21,25)4/h5,18-21,29H,6-14H2,1-4H3/t18?,19?,20?,21?,23?,24?,25-/m0/s1. The van der Waals surface area contributed by atoms with E-state index in [2.05, 4.69) is 19.9 Å². The molecule has 6 nitrogen and oxygen atoms in total. The van der Waals surface area contributed by atoms with E-state index in [1.807, 2.05) is 0 Å². The SMILES string of the molecule is CC(=O)OCC(=O)[C@@]1(O)CCC2C3CC=C4CC(OC(C)=O)CCC4(C)C3CCC21C. The summed E-state index contributed by atoms with van der Waals surface area (Å²) >= 11 is 0. The number of fused-ring (bicyclic) bond motifs is 5. The van der Waals surface area contributed by atoms with Gasteiger partial charge in [0.2, 0.25) is 5.78 Å². The number of hydrogen-bond acceptors (Lipinski definition) is 6. The highest BCUT2D eigenvalue weighted by atomic mass is 16.5. The molecular weight excluding hydrogens is 396 g/mol. The van der Waals surface area contributed by atoms with Crippen LogP contribution in [0.2, 0.25) is 0 Å². The third-order valence-corrected chi connectivity index (χ3v) is 9.41. The fourth-order valence-electron chi connectivity index (χ4n) is 7.72. The molecule has 0 heterocycles. The summed E-state index contributed by atoms with van der Waals surface area (Å²) < 4.78 is 10.5. The normalized spacial score (nSPS) is 43.7. The highest BCUT2D eigenvalue weighted by Crippen LogP contribution is 2.67. The average Bonchev–Trinajstić information content (AvgIpc) is 2.98. The Bertz CT molecular complexity index is 817. The van der Waals surface area contributed by atoms with Gasteiger partial charge in [-0.3, -0.25) is 14.4 Å². The molecule has 1 N–H and O–H groups in total. The minimum atomic E-state index is -1.42. The Morgan fingerprint density at radius 2 is 1.74 bits per heavy atom. The van der Waals surface area contributed by atoms with Gasteiger partial charge in [0, 0.05) is 25.7 Å². The van der Waals surface area contributed by atoms with Gasteiger partial charge >= 0.3 is 11.9 Å². The minimum Gasteiger partial charge on any atom is -0.462 e. The second kappa shape index (κ2) is 7.72. The van der Waals surface area contributed by atoms with E-state index in [4.69, 9.17) is 9.47 Å². The van der Waals surface area contributed by atoms with Crippen LogP contribution >= 0.6 is 0 Å². The first-order valence-electron chi connectivity index (χ1n) is 11.8. The Labute approximate surface area is 184 Å². The first-order valence-corrected chi connectivity index (χ1v) is 11.8. The van der Waals surface area contributed by atoms with Gasteiger partial charge in [0.05, 0.1) is 0 Å². The summed E-state index contributed by atoms with van der Waals surface area (Å²) in [5.41, 5.74) is -0.379. The molecule has 0 spiro atoms. The van der Waals surface area contributed by atoms with Crippen molar-refractivity contribution in [2.24, 2.45) is 28.6 Å². The molecule has 0 amide bonds. The van der Waals surface area contributed by atoms with Crippen LogP contribution in [0.1, 0.15) is 79.1 Å². The van der Waals surface area contributed by atoms with E-state index < -0.39 is 17.0 Å². The molecule has 3 saturated carbocycles. The largest absolute Gasteiger partial charge is 0.462 e. The number of ketones is 1. The second-order valence-corrected chi connectivity index (χ2v) is 10.8. The van der Waals surface area contributed by atoms with E-state index in [-0.39, 0.29) is 35.8 Å². The molecule has 0 bridgehead atoms. The van der Waals surface area contributed by atoms with Crippen LogP contribution < -0.4 is 0 Å². The molecule has 0 radical (unpaired) electrons. The molecule has 31 heavy (non-hydrogen) atoms. The number of esters is 2. The highest BCUT2D eigenvalue weighted by Gasteiger charge is 2.66. The molecule has 7 atom stereocenters. The molecule has 172 valence electrons. The summed E-state index contributed by atoms with van der Waals surface area (Å²) in [6.07, 6.45) is 9.08. The van der Waals surface area contributed by atoms with Gasteiger partial charge in [0.25, 0.3) is 0 Å². The fraction of sp³-hybridized carbons (Fsp3) is 0.800. The first kappa shape index (κ1) is 22.5. The van der Waals surface area contributed by atoms with Crippen molar-refractivity contribution in [1.29, 1.82) is 0 Å². The first-order chi connectivity index (χ1) is 14.5. The van der Waals surface area contributed by atoms with Gasteiger partial charge in [-0.25, -0.2) is 0 Å². The zero-order chi connectivity index (χ0) is 22.6. The summed E-state index contributed by atoms with van der Waals surface area (Å²) in [6, 6.07) is 0. The maximum Gasteiger partial charge on any atom is 0.303 e. The number of hydrogen-bond donors (Lipinski definition) is 1. The van der Waals surface area contributed by atoms with Gasteiger partial charge in [-0.1, -0.05) is 25.5 Å². The number of rotatable bonds is 4. The van der Waals surface area contributed by atoms with Gasteiger partial charge in [0.15, 0.2) is 6.61 Å². The zero-order valence-electron chi connectivity index (χ0n) is 19.2. The van der Waals surface area contributed by atoms with Crippen LogP contribution in [0.25, 0.3) is 0 Å². The van der Waals surface area contributed by atoms with Gasteiger partial charge in [-0.15, -0.1) is 0 Å². The zero-order valence-corrected chi connectivity index (χ0v) is 19.2. The van der Waals surface area contributed by atoms with Crippen molar-refractivity contribution in [2.75, 3.05) is 6.61 Å². The maximum absolute atomic E-state index is 12.9. The van der Waals surface area contributed by atoms with E-state index in [0.717, 1.165) is 44.9 Å². The van der Waals surface area contributed by atoms with Crippen molar-refractivity contribution < 1.29 is 29.0 Å². The summed E-state index contributed by atoms with van der Waals surface area (Å²) in [6.45, 7) is 6.86. The second-order valence-electron chi connectivity index (χ2n) is 10.8. The van der Waals surface area contributed by atoms with Gasteiger partial charge in [-0.2, -0.15) is 0 Å². The molecular formula is C25H36O6. The Morgan fingerprint density at radius 1 is 1.03 bits per heavy atom. The monoisotopic (exact) mass is 432 g/mol. The van der Waals surface area contributed by atoms with Crippen LogP contribution in [0.5, 0.6) is 0 Å². The van der Waals surface area contributed by atoms with Crippen molar-refractivity contribution >= 4 is 17.7 Å². The topological polar surface area (TPSA) is 89.9 Å². The van der Waals surface area contributed by atoms with Gasteiger partial charge in [-0.05, 0) is 68.1 Å². The minimum absolute atomic E-state index is 0.0160. The summed E-state index contributed by atoms with van der Waals surface area (Å²) in [7, 11) is 0. The summed E-state index contributed by atoms with van der Waals surface area (Å²) in [5.74, 6) is 0.176. The van der Waals surface area contributed by atoms with E-state index in [1.165, 1.54) is 19.4 Å². The number of carbonyl (C=O) groups excluding carboxylic acids is 3. The van der Waals surface area contributed by atoms with Crippen molar-refractivity contribution in [2.45, 2.75) is 90.8 Å². The molecule has 0 aromatic carbocycles. The third kappa shape index (κ3) is 3.46. The Kier molecular flexibility index (Phi) is 5.60. The average molecular weight is 433 g/mol. The van der Waals surface area contributed by atoms with Gasteiger partial charge in [0.1, 0.15) is 11.7 Å². The van der Waals surface area contributed by atoms with Crippen molar-refractivity contribution in [3.8, 4) is 0 Å². The molecule has 6 unspecified atom stereocenters. The van der Waals surface area contributed by atoms with Crippen molar-refractivity contribution in [1.82, 2.24) is 0 Å². The Morgan fingerprint density at radius 3 is 2.42 bits per heavy atom. The van der Waals surface area contributed by atoms with Crippen LogP contribution in [0.3, 0.4) is 0 Å². The fourth-order valence-corrected chi connectivity index (χ4v) is 7.72. The Balaban J connectivity index is 1.56. The van der Waals surface area contributed by atoms with Crippen LogP contribution in [-0.4, -0.2) is 41.1 Å². The molecule has 3 fully saturated rings.